The molecule has 2 aliphatic carbocycles. The molecule has 0 radical (unpaired) electrons. The average Bonchev–Trinajstić information content (AvgIpc) is 2.72. The first-order valence-electron chi connectivity index (χ1n) is 11.7. The van der Waals surface area contributed by atoms with E-state index in [1.54, 1.807) is 12.2 Å². The van der Waals surface area contributed by atoms with Crippen LogP contribution >= 0.6 is 0 Å². The summed E-state index contributed by atoms with van der Waals surface area (Å²) in [7, 11) is 0. The van der Waals surface area contributed by atoms with E-state index >= 15 is 0 Å². The van der Waals surface area contributed by atoms with Crippen LogP contribution in [0.1, 0.15) is 51.9 Å². The van der Waals surface area contributed by atoms with E-state index in [4.69, 9.17) is 9.47 Å². The van der Waals surface area contributed by atoms with Crippen molar-refractivity contribution in [1.82, 2.24) is 0 Å². The summed E-state index contributed by atoms with van der Waals surface area (Å²) in [5.41, 5.74) is 0.995. The Labute approximate surface area is 190 Å². The van der Waals surface area contributed by atoms with Gasteiger partial charge < -0.3 is 19.7 Å². The molecule has 3 rings (SSSR count). The fraction of sp³-hybridized carbons (Fsp3) is 0.615. The van der Waals surface area contributed by atoms with Gasteiger partial charge in [-0.3, -0.25) is 9.59 Å². The molecular weight excluding hydrogens is 408 g/mol. The van der Waals surface area contributed by atoms with Crippen LogP contribution in [0.25, 0.3) is 0 Å². The van der Waals surface area contributed by atoms with E-state index in [1.807, 2.05) is 12.2 Å². The zero-order chi connectivity index (χ0) is 23.3. The Morgan fingerprint density at radius 1 is 1.25 bits per heavy atom. The summed E-state index contributed by atoms with van der Waals surface area (Å²) >= 11 is 0. The SMILES string of the molecule is C=CCC(CC=C)C(=O)O[C@H]1C[C@H](O)C=C2C=C[C@H](C)[C@H](CC[C@@H]3C[C@@H](O)CC(=O)O3)[C@H]21. The van der Waals surface area contributed by atoms with Crippen molar-refractivity contribution in [2.75, 3.05) is 0 Å². The molecule has 0 aromatic rings. The Kier molecular flexibility index (Phi) is 8.49. The maximum absolute atomic E-state index is 12.9. The lowest BCUT2D eigenvalue weighted by Crippen LogP contribution is -2.43. The second-order valence-corrected chi connectivity index (χ2v) is 9.38. The molecule has 1 heterocycles. The van der Waals surface area contributed by atoms with Crippen molar-refractivity contribution in [3.63, 3.8) is 0 Å². The topological polar surface area (TPSA) is 93.1 Å². The molecule has 1 fully saturated rings. The highest BCUT2D eigenvalue weighted by atomic mass is 16.6. The van der Waals surface area contributed by atoms with Gasteiger partial charge in [0.05, 0.1) is 24.5 Å². The van der Waals surface area contributed by atoms with Crippen molar-refractivity contribution in [1.29, 1.82) is 0 Å². The highest BCUT2D eigenvalue weighted by molar-refractivity contribution is 5.73. The van der Waals surface area contributed by atoms with Crippen LogP contribution in [-0.2, 0) is 19.1 Å². The minimum absolute atomic E-state index is 0.0281. The number of aliphatic hydroxyl groups is 2. The summed E-state index contributed by atoms with van der Waals surface area (Å²) in [5, 5.41) is 20.3. The van der Waals surface area contributed by atoms with Gasteiger partial charge in [-0.25, -0.2) is 0 Å². The van der Waals surface area contributed by atoms with E-state index in [1.165, 1.54) is 0 Å². The number of allylic oxidation sites excluding steroid dienone is 4. The molecule has 6 nitrogen and oxygen atoms in total. The fourth-order valence-corrected chi connectivity index (χ4v) is 5.34. The van der Waals surface area contributed by atoms with Gasteiger partial charge in [0.2, 0.25) is 0 Å². The number of hydrogen-bond acceptors (Lipinski definition) is 6. The standard InChI is InChI=1S/C26H36O6/c1-4-6-17(7-5-2)26(30)32-23-14-19(27)12-18-9-8-16(3)22(25(18)23)11-10-21-13-20(28)15-24(29)31-21/h4-5,8-9,12,16-17,19-23,25,27-28H,1-2,6-7,10-11,13-15H2,3H3/t16-,19+,20+,21+,22-,23-,25-/m0/s1. The lowest BCUT2D eigenvalue weighted by Gasteiger charge is -2.43. The van der Waals surface area contributed by atoms with Gasteiger partial charge >= 0.3 is 11.9 Å². The molecule has 7 atom stereocenters. The summed E-state index contributed by atoms with van der Waals surface area (Å²) in [6, 6.07) is 0. The summed E-state index contributed by atoms with van der Waals surface area (Å²) < 4.78 is 11.4. The summed E-state index contributed by atoms with van der Waals surface area (Å²) in [6.07, 6.45) is 10.7. The van der Waals surface area contributed by atoms with Gasteiger partial charge in [-0.15, -0.1) is 13.2 Å². The molecular formula is C26H36O6. The quantitative estimate of drug-likeness (QED) is 0.417. The van der Waals surface area contributed by atoms with E-state index in [0.717, 1.165) is 12.0 Å². The molecule has 1 saturated heterocycles. The fourth-order valence-electron chi connectivity index (χ4n) is 5.34. The van der Waals surface area contributed by atoms with Crippen molar-refractivity contribution in [2.45, 2.75) is 76.3 Å². The Hall–Kier alpha value is -2.18. The molecule has 0 amide bonds. The predicted molar refractivity (Wildman–Crippen MR) is 121 cm³/mol. The monoisotopic (exact) mass is 444 g/mol. The number of carbonyl (C=O) groups is 2. The van der Waals surface area contributed by atoms with Crippen LogP contribution in [0.15, 0.2) is 49.1 Å². The molecule has 0 aromatic heterocycles. The van der Waals surface area contributed by atoms with E-state index < -0.39 is 18.3 Å². The lowest BCUT2D eigenvalue weighted by molar-refractivity contribution is -0.163. The lowest BCUT2D eigenvalue weighted by atomic mass is 9.66. The average molecular weight is 445 g/mol. The van der Waals surface area contributed by atoms with Crippen molar-refractivity contribution < 1.29 is 29.3 Å². The van der Waals surface area contributed by atoms with Gasteiger partial charge in [0, 0.05) is 18.8 Å². The number of carbonyl (C=O) groups excluding carboxylic acids is 2. The van der Waals surface area contributed by atoms with E-state index in [0.29, 0.717) is 32.1 Å². The largest absolute Gasteiger partial charge is 0.462 e. The maximum Gasteiger partial charge on any atom is 0.309 e. The summed E-state index contributed by atoms with van der Waals surface area (Å²) in [4.78, 5) is 24.6. The molecule has 0 saturated carbocycles. The number of fused-ring (bicyclic) bond motifs is 1. The minimum atomic E-state index is -0.663. The highest BCUT2D eigenvalue weighted by Crippen LogP contribution is 2.44. The molecule has 0 unspecified atom stereocenters. The van der Waals surface area contributed by atoms with Crippen LogP contribution < -0.4 is 0 Å². The van der Waals surface area contributed by atoms with Crippen molar-refractivity contribution in [3.8, 4) is 0 Å². The van der Waals surface area contributed by atoms with Gasteiger partial charge in [0.1, 0.15) is 12.2 Å². The van der Waals surface area contributed by atoms with Gasteiger partial charge in [0.25, 0.3) is 0 Å². The van der Waals surface area contributed by atoms with Crippen LogP contribution in [0.2, 0.25) is 0 Å². The van der Waals surface area contributed by atoms with E-state index in [2.05, 4.69) is 26.2 Å². The number of esters is 2. The number of aliphatic hydroxyl groups excluding tert-OH is 2. The first-order valence-corrected chi connectivity index (χ1v) is 11.7. The van der Waals surface area contributed by atoms with Crippen molar-refractivity contribution >= 4 is 11.9 Å². The maximum atomic E-state index is 12.9. The number of rotatable bonds is 9. The molecule has 1 aliphatic heterocycles. The second-order valence-electron chi connectivity index (χ2n) is 9.38. The number of ether oxygens (including phenoxy) is 2. The molecule has 0 bridgehead atoms. The molecule has 32 heavy (non-hydrogen) atoms. The third-order valence-corrected chi connectivity index (χ3v) is 6.93. The summed E-state index contributed by atoms with van der Waals surface area (Å²) in [6.45, 7) is 9.61. The van der Waals surface area contributed by atoms with E-state index in [-0.39, 0.29) is 48.1 Å². The van der Waals surface area contributed by atoms with Crippen LogP contribution in [0, 0.1) is 23.7 Å². The van der Waals surface area contributed by atoms with Gasteiger partial charge in [0.15, 0.2) is 0 Å². The Morgan fingerprint density at radius 3 is 2.62 bits per heavy atom. The molecule has 176 valence electrons. The van der Waals surface area contributed by atoms with Crippen LogP contribution in [0.3, 0.4) is 0 Å². The zero-order valence-corrected chi connectivity index (χ0v) is 18.9. The molecule has 0 aromatic carbocycles. The van der Waals surface area contributed by atoms with Gasteiger partial charge in [-0.1, -0.05) is 37.3 Å². The van der Waals surface area contributed by atoms with E-state index in [9.17, 15) is 19.8 Å². The Bertz CT molecular complexity index is 758. The summed E-state index contributed by atoms with van der Waals surface area (Å²) in [5.74, 6) is -0.571. The predicted octanol–water partition coefficient (Wildman–Crippen LogP) is 3.64. The number of hydrogen-bond donors (Lipinski definition) is 2. The van der Waals surface area contributed by atoms with Crippen LogP contribution in [-0.4, -0.2) is 46.6 Å². The molecule has 0 spiro atoms. The minimum Gasteiger partial charge on any atom is -0.462 e. The van der Waals surface area contributed by atoms with Crippen molar-refractivity contribution in [3.05, 3.63) is 49.1 Å². The smallest absolute Gasteiger partial charge is 0.309 e. The first kappa shape index (κ1) is 24.5. The molecule has 6 heteroatoms. The normalized spacial score (nSPS) is 34.3. The Balaban J connectivity index is 1.75. The number of cyclic esters (lactones) is 1. The highest BCUT2D eigenvalue weighted by Gasteiger charge is 2.42. The second kappa shape index (κ2) is 11.1. The van der Waals surface area contributed by atoms with Crippen LogP contribution in [0.4, 0.5) is 0 Å². The van der Waals surface area contributed by atoms with Gasteiger partial charge in [-0.05, 0) is 43.1 Å². The van der Waals surface area contributed by atoms with Crippen molar-refractivity contribution in [2.24, 2.45) is 23.7 Å². The van der Waals surface area contributed by atoms with Gasteiger partial charge in [-0.2, -0.15) is 0 Å². The third kappa shape index (κ3) is 5.99. The molecule has 2 N–H and O–H groups in total. The molecule has 3 aliphatic rings. The third-order valence-electron chi connectivity index (χ3n) is 6.93. The Morgan fingerprint density at radius 2 is 1.97 bits per heavy atom. The van der Waals surface area contributed by atoms with Crippen LogP contribution in [0.5, 0.6) is 0 Å². The zero-order valence-electron chi connectivity index (χ0n) is 18.9. The first-order chi connectivity index (χ1) is 15.3.